The normalized spacial score (nSPS) is 16.5. The van der Waals surface area contributed by atoms with Gasteiger partial charge >= 0.3 is 0 Å². The van der Waals surface area contributed by atoms with Crippen molar-refractivity contribution in [1.29, 1.82) is 0 Å². The highest BCUT2D eigenvalue weighted by molar-refractivity contribution is 7.15. The molecule has 1 fully saturated rings. The zero-order chi connectivity index (χ0) is 17.8. The van der Waals surface area contributed by atoms with Crippen molar-refractivity contribution in [3.63, 3.8) is 0 Å². The number of methoxy groups -OCH3 is 1. The summed E-state index contributed by atoms with van der Waals surface area (Å²) in [4.78, 5) is 16.9. The van der Waals surface area contributed by atoms with Gasteiger partial charge in [-0.1, -0.05) is 11.3 Å². The summed E-state index contributed by atoms with van der Waals surface area (Å²) in [5.74, 6) is 0.827. The van der Waals surface area contributed by atoms with E-state index in [1.54, 1.807) is 7.11 Å². The van der Waals surface area contributed by atoms with Crippen molar-refractivity contribution in [2.75, 3.05) is 43.5 Å². The number of benzene rings is 1. The van der Waals surface area contributed by atoms with Crippen molar-refractivity contribution in [2.45, 2.75) is 19.9 Å². The number of hydrogen-bond acceptors (Lipinski definition) is 7. The molecule has 2 heterocycles. The maximum atomic E-state index is 12.4. The molecular weight excluding hydrogens is 338 g/mol. The first-order valence-corrected chi connectivity index (χ1v) is 9.12. The second-order valence-electron chi connectivity index (χ2n) is 6.01. The Balaban J connectivity index is 1.53. The lowest BCUT2D eigenvalue weighted by Crippen LogP contribution is -2.52. The number of carbonyl (C=O) groups is 1. The van der Waals surface area contributed by atoms with Crippen molar-refractivity contribution in [2.24, 2.45) is 0 Å². The molecule has 8 heteroatoms. The molecule has 0 saturated carbocycles. The van der Waals surface area contributed by atoms with Gasteiger partial charge in [0, 0.05) is 31.9 Å². The van der Waals surface area contributed by atoms with Crippen LogP contribution in [0.15, 0.2) is 24.3 Å². The standard InChI is InChI=1S/C17H23N5O2S/c1-12(16(23)18-17-20-19-13(2)25-17)21-8-10-22(11-9-21)14-4-6-15(24-3)7-5-14/h4-7,12H,8-11H2,1-3H3,(H,18,20,23)/t12-/m1/s1. The first-order valence-electron chi connectivity index (χ1n) is 8.31. The number of hydrogen-bond donors (Lipinski definition) is 1. The van der Waals surface area contributed by atoms with Gasteiger partial charge in [0.2, 0.25) is 11.0 Å². The Bertz CT molecular complexity index is 710. The summed E-state index contributed by atoms with van der Waals surface area (Å²) in [6.45, 7) is 7.27. The van der Waals surface area contributed by atoms with Crippen LogP contribution >= 0.6 is 11.3 Å². The highest BCUT2D eigenvalue weighted by Crippen LogP contribution is 2.21. The number of aromatic nitrogens is 2. The largest absolute Gasteiger partial charge is 0.497 e. The van der Waals surface area contributed by atoms with E-state index in [2.05, 4.69) is 37.4 Å². The summed E-state index contributed by atoms with van der Waals surface area (Å²) in [5, 5.41) is 12.1. The topological polar surface area (TPSA) is 70.6 Å². The maximum Gasteiger partial charge on any atom is 0.243 e. The fraction of sp³-hybridized carbons (Fsp3) is 0.471. The molecule has 0 spiro atoms. The molecular formula is C17H23N5O2S. The van der Waals surface area contributed by atoms with Crippen LogP contribution in [0.4, 0.5) is 10.8 Å². The van der Waals surface area contributed by atoms with Crippen LogP contribution in [-0.4, -0.2) is 60.3 Å². The molecule has 1 aliphatic heterocycles. The molecule has 1 aromatic carbocycles. The van der Waals surface area contributed by atoms with Gasteiger partial charge in [0.05, 0.1) is 13.2 Å². The second-order valence-corrected chi connectivity index (χ2v) is 7.19. The SMILES string of the molecule is COc1ccc(N2CCN([C@H](C)C(=O)Nc3nnc(C)s3)CC2)cc1. The molecule has 25 heavy (non-hydrogen) atoms. The molecule has 1 aromatic heterocycles. The summed E-state index contributed by atoms with van der Waals surface area (Å²) in [6, 6.07) is 7.90. The van der Waals surface area contributed by atoms with E-state index in [1.807, 2.05) is 26.0 Å². The van der Waals surface area contributed by atoms with E-state index in [9.17, 15) is 4.79 Å². The number of anilines is 2. The van der Waals surface area contributed by atoms with E-state index in [4.69, 9.17) is 4.74 Å². The van der Waals surface area contributed by atoms with Crippen LogP contribution < -0.4 is 15.0 Å². The number of ether oxygens (including phenoxy) is 1. The van der Waals surface area contributed by atoms with Gasteiger partial charge in [-0.25, -0.2) is 0 Å². The summed E-state index contributed by atoms with van der Waals surface area (Å²) < 4.78 is 5.20. The Morgan fingerprint density at radius 3 is 2.44 bits per heavy atom. The van der Waals surface area contributed by atoms with E-state index >= 15 is 0 Å². The summed E-state index contributed by atoms with van der Waals surface area (Å²) >= 11 is 1.39. The van der Waals surface area contributed by atoms with Gasteiger partial charge in [0.15, 0.2) is 0 Å². The fourth-order valence-electron chi connectivity index (χ4n) is 2.88. The van der Waals surface area contributed by atoms with Gasteiger partial charge in [-0.3, -0.25) is 15.0 Å². The van der Waals surface area contributed by atoms with Gasteiger partial charge < -0.3 is 9.64 Å². The van der Waals surface area contributed by atoms with Crippen LogP contribution in [0.2, 0.25) is 0 Å². The molecule has 1 saturated heterocycles. The first kappa shape index (κ1) is 17.6. The van der Waals surface area contributed by atoms with Crippen molar-refractivity contribution in [3.05, 3.63) is 29.3 Å². The second kappa shape index (κ2) is 7.79. The van der Waals surface area contributed by atoms with Crippen LogP contribution in [0, 0.1) is 6.92 Å². The Morgan fingerprint density at radius 1 is 1.20 bits per heavy atom. The molecule has 0 bridgehead atoms. The third-order valence-corrected chi connectivity index (χ3v) is 5.19. The monoisotopic (exact) mass is 361 g/mol. The zero-order valence-corrected chi connectivity index (χ0v) is 15.5. The van der Waals surface area contributed by atoms with Gasteiger partial charge in [-0.2, -0.15) is 0 Å². The van der Waals surface area contributed by atoms with E-state index in [0.29, 0.717) is 5.13 Å². The van der Waals surface area contributed by atoms with Crippen molar-refractivity contribution in [3.8, 4) is 5.75 Å². The molecule has 7 nitrogen and oxygen atoms in total. The molecule has 0 radical (unpaired) electrons. The lowest BCUT2D eigenvalue weighted by Gasteiger charge is -2.38. The van der Waals surface area contributed by atoms with Gasteiger partial charge in [-0.05, 0) is 38.1 Å². The van der Waals surface area contributed by atoms with Crippen molar-refractivity contribution in [1.82, 2.24) is 15.1 Å². The summed E-state index contributed by atoms with van der Waals surface area (Å²) in [5.41, 5.74) is 1.18. The lowest BCUT2D eigenvalue weighted by atomic mass is 10.2. The zero-order valence-electron chi connectivity index (χ0n) is 14.7. The average Bonchev–Trinajstić information content (AvgIpc) is 3.06. The molecule has 1 atom stereocenters. The number of aryl methyl sites for hydroxylation is 1. The van der Waals surface area contributed by atoms with Crippen LogP contribution in [0.25, 0.3) is 0 Å². The third-order valence-electron chi connectivity index (χ3n) is 4.44. The number of nitrogens with one attached hydrogen (secondary N) is 1. The van der Waals surface area contributed by atoms with E-state index in [0.717, 1.165) is 36.9 Å². The minimum atomic E-state index is -0.192. The highest BCUT2D eigenvalue weighted by atomic mass is 32.1. The number of amides is 1. The lowest BCUT2D eigenvalue weighted by molar-refractivity contribution is -0.120. The summed E-state index contributed by atoms with van der Waals surface area (Å²) in [6.07, 6.45) is 0. The van der Waals surface area contributed by atoms with Crippen molar-refractivity contribution >= 4 is 28.1 Å². The van der Waals surface area contributed by atoms with Crippen LogP contribution in [-0.2, 0) is 4.79 Å². The predicted molar refractivity (Wildman–Crippen MR) is 99.5 cm³/mol. The number of nitrogens with zero attached hydrogens (tertiary/aromatic N) is 4. The molecule has 0 aliphatic carbocycles. The quantitative estimate of drug-likeness (QED) is 0.878. The van der Waals surface area contributed by atoms with E-state index < -0.39 is 0 Å². The van der Waals surface area contributed by atoms with Gasteiger partial charge in [-0.15, -0.1) is 10.2 Å². The van der Waals surface area contributed by atoms with Crippen molar-refractivity contribution < 1.29 is 9.53 Å². The minimum Gasteiger partial charge on any atom is -0.497 e. The van der Waals surface area contributed by atoms with Gasteiger partial charge in [0.25, 0.3) is 0 Å². The maximum absolute atomic E-state index is 12.4. The minimum absolute atomic E-state index is 0.0333. The Kier molecular flexibility index (Phi) is 5.50. The molecule has 2 aromatic rings. The van der Waals surface area contributed by atoms with Crippen LogP contribution in [0.5, 0.6) is 5.75 Å². The average molecular weight is 361 g/mol. The first-order chi connectivity index (χ1) is 12.1. The highest BCUT2D eigenvalue weighted by Gasteiger charge is 2.26. The summed E-state index contributed by atoms with van der Waals surface area (Å²) in [7, 11) is 1.67. The van der Waals surface area contributed by atoms with E-state index in [-0.39, 0.29) is 11.9 Å². The van der Waals surface area contributed by atoms with Crippen LogP contribution in [0.1, 0.15) is 11.9 Å². The Hall–Kier alpha value is -2.19. The Morgan fingerprint density at radius 2 is 1.88 bits per heavy atom. The smallest absolute Gasteiger partial charge is 0.243 e. The molecule has 1 aliphatic rings. The number of carbonyl (C=O) groups excluding carboxylic acids is 1. The molecule has 3 rings (SSSR count). The predicted octanol–water partition coefficient (Wildman–Crippen LogP) is 2.00. The molecule has 134 valence electrons. The number of piperazine rings is 1. The third kappa shape index (κ3) is 4.26. The van der Waals surface area contributed by atoms with Crippen LogP contribution in [0.3, 0.4) is 0 Å². The Labute approximate surface area is 151 Å². The fourth-order valence-corrected chi connectivity index (χ4v) is 3.48. The van der Waals surface area contributed by atoms with E-state index in [1.165, 1.54) is 17.0 Å². The van der Waals surface area contributed by atoms with Gasteiger partial charge in [0.1, 0.15) is 10.8 Å². The number of rotatable bonds is 5. The molecule has 0 unspecified atom stereocenters. The molecule has 1 N–H and O–H groups in total. The molecule has 1 amide bonds.